The molecule has 1 unspecified atom stereocenters. The summed E-state index contributed by atoms with van der Waals surface area (Å²) in [6.07, 6.45) is 0.791. The Morgan fingerprint density at radius 2 is 2.03 bits per heavy atom. The number of halogens is 2. The molecule has 0 aliphatic carbocycles. The van der Waals surface area contributed by atoms with E-state index in [0.717, 1.165) is 15.8 Å². The van der Waals surface area contributed by atoms with Crippen LogP contribution >= 0.6 is 23.1 Å². The number of fused-ring (bicyclic) bond motifs is 2. The fourth-order valence-electron chi connectivity index (χ4n) is 4.24. The van der Waals surface area contributed by atoms with Crippen molar-refractivity contribution in [2.45, 2.75) is 12.3 Å². The van der Waals surface area contributed by atoms with Crippen LogP contribution in [0.2, 0.25) is 5.02 Å². The van der Waals surface area contributed by atoms with Gasteiger partial charge in [-0.25, -0.2) is 4.39 Å². The molecule has 32 heavy (non-hydrogen) atoms. The van der Waals surface area contributed by atoms with Crippen molar-refractivity contribution >= 4 is 49.8 Å². The number of aromatic nitrogens is 1. The minimum absolute atomic E-state index is 0.0469. The van der Waals surface area contributed by atoms with Crippen molar-refractivity contribution in [2.75, 3.05) is 25.0 Å². The Morgan fingerprint density at radius 3 is 2.78 bits per heavy atom. The van der Waals surface area contributed by atoms with Gasteiger partial charge in [0.15, 0.2) is 5.82 Å². The summed E-state index contributed by atoms with van der Waals surface area (Å²) in [5, 5.41) is 23.5. The standard InChI is InChI=1S/C24H21ClFN3O2S/c1-3-20(31)28(2)14-11-29(12-14)24-18-10-19(25)21(22(26)23(18)27-32-24)17-9-15(30)8-13-6-4-5-7-16(13)17/h3-10,14,20,30-31H,1,11-12H2,2H3. The monoisotopic (exact) mass is 469 g/mol. The Kier molecular flexibility index (Phi) is 5.29. The molecule has 2 heterocycles. The zero-order chi connectivity index (χ0) is 22.6. The molecule has 1 aliphatic heterocycles. The van der Waals surface area contributed by atoms with E-state index in [9.17, 15) is 10.2 Å². The van der Waals surface area contributed by atoms with E-state index >= 15 is 4.39 Å². The fourth-order valence-corrected chi connectivity index (χ4v) is 5.41. The van der Waals surface area contributed by atoms with Crippen molar-refractivity contribution in [2.24, 2.45) is 0 Å². The van der Waals surface area contributed by atoms with Gasteiger partial charge in [-0.05, 0) is 59.2 Å². The van der Waals surface area contributed by atoms with Gasteiger partial charge in [-0.2, -0.15) is 4.37 Å². The molecule has 1 aliphatic rings. The molecular weight excluding hydrogens is 449 g/mol. The molecule has 5 nitrogen and oxygen atoms in total. The van der Waals surface area contributed by atoms with E-state index in [1.165, 1.54) is 23.7 Å². The molecule has 1 fully saturated rings. The first-order chi connectivity index (χ1) is 15.4. The normalized spacial score (nSPS) is 15.5. The molecule has 0 amide bonds. The number of benzene rings is 3. The number of aliphatic hydroxyl groups is 1. The summed E-state index contributed by atoms with van der Waals surface area (Å²) in [5.41, 5.74) is 1.03. The van der Waals surface area contributed by atoms with Gasteiger partial charge in [0.05, 0.1) is 5.02 Å². The second-order valence-corrected chi connectivity index (χ2v) is 9.18. The third kappa shape index (κ3) is 3.33. The van der Waals surface area contributed by atoms with Crippen LogP contribution in [-0.2, 0) is 0 Å². The summed E-state index contributed by atoms with van der Waals surface area (Å²) in [6, 6.07) is 12.6. The summed E-state index contributed by atoms with van der Waals surface area (Å²) >= 11 is 7.85. The largest absolute Gasteiger partial charge is 0.508 e. The van der Waals surface area contributed by atoms with Gasteiger partial charge in [0.25, 0.3) is 0 Å². The molecule has 3 aromatic carbocycles. The summed E-state index contributed by atoms with van der Waals surface area (Å²) in [4.78, 5) is 3.96. The first-order valence-corrected chi connectivity index (χ1v) is 11.3. The molecule has 1 saturated heterocycles. The Labute approximate surface area is 193 Å². The summed E-state index contributed by atoms with van der Waals surface area (Å²) in [6.45, 7) is 5.01. The van der Waals surface area contributed by atoms with Gasteiger partial charge in [-0.15, -0.1) is 0 Å². The van der Waals surface area contributed by atoms with E-state index in [0.29, 0.717) is 24.0 Å². The summed E-state index contributed by atoms with van der Waals surface area (Å²) in [5.74, 6) is -0.451. The molecule has 4 aromatic rings. The first kappa shape index (κ1) is 21.2. The van der Waals surface area contributed by atoms with Gasteiger partial charge in [0.1, 0.15) is 22.5 Å². The van der Waals surface area contributed by atoms with Gasteiger partial charge < -0.3 is 15.1 Å². The molecule has 1 aromatic heterocycles. The number of aromatic hydroxyl groups is 1. The predicted molar refractivity (Wildman–Crippen MR) is 129 cm³/mol. The van der Waals surface area contributed by atoms with Crippen LogP contribution in [0.5, 0.6) is 5.75 Å². The third-order valence-electron chi connectivity index (χ3n) is 6.12. The zero-order valence-corrected chi connectivity index (χ0v) is 18.9. The van der Waals surface area contributed by atoms with Crippen LogP contribution in [0.25, 0.3) is 32.8 Å². The number of phenols is 1. The highest BCUT2D eigenvalue weighted by Gasteiger charge is 2.34. The van der Waals surface area contributed by atoms with Crippen LogP contribution in [0.15, 0.2) is 55.1 Å². The molecular formula is C24H21ClFN3O2S. The number of rotatable bonds is 5. The van der Waals surface area contributed by atoms with Crippen molar-refractivity contribution < 1.29 is 14.6 Å². The minimum Gasteiger partial charge on any atom is -0.508 e. The van der Waals surface area contributed by atoms with Crippen molar-refractivity contribution in [1.29, 1.82) is 0 Å². The van der Waals surface area contributed by atoms with Gasteiger partial charge in [0, 0.05) is 30.1 Å². The Morgan fingerprint density at radius 1 is 1.28 bits per heavy atom. The van der Waals surface area contributed by atoms with Crippen molar-refractivity contribution in [1.82, 2.24) is 9.27 Å². The fraction of sp³-hybridized carbons (Fsp3) is 0.208. The average Bonchev–Trinajstić information content (AvgIpc) is 3.15. The van der Waals surface area contributed by atoms with E-state index in [4.69, 9.17) is 11.6 Å². The molecule has 2 N–H and O–H groups in total. The van der Waals surface area contributed by atoms with E-state index in [-0.39, 0.29) is 27.9 Å². The molecule has 5 rings (SSSR count). The second kappa shape index (κ2) is 8.01. The highest BCUT2D eigenvalue weighted by molar-refractivity contribution is 7.11. The Hall–Kier alpha value is -2.71. The molecule has 0 saturated carbocycles. The Balaban J connectivity index is 1.55. The minimum atomic E-state index is -0.702. The van der Waals surface area contributed by atoms with E-state index in [1.807, 2.05) is 36.2 Å². The van der Waals surface area contributed by atoms with Crippen LogP contribution in [0, 0.1) is 5.82 Å². The molecule has 1 atom stereocenters. The maximum atomic E-state index is 15.7. The quantitative estimate of drug-likeness (QED) is 0.309. The number of anilines is 1. The molecule has 164 valence electrons. The van der Waals surface area contributed by atoms with Crippen molar-refractivity contribution in [3.05, 3.63) is 66.0 Å². The van der Waals surface area contributed by atoms with Crippen LogP contribution < -0.4 is 4.90 Å². The molecule has 8 heteroatoms. The Bertz CT molecular complexity index is 1350. The smallest absolute Gasteiger partial charge is 0.159 e. The van der Waals surface area contributed by atoms with Gasteiger partial charge >= 0.3 is 0 Å². The lowest BCUT2D eigenvalue weighted by Crippen LogP contribution is -2.60. The zero-order valence-electron chi connectivity index (χ0n) is 17.3. The molecule has 0 bridgehead atoms. The maximum Gasteiger partial charge on any atom is 0.159 e. The van der Waals surface area contributed by atoms with Crippen LogP contribution in [0.4, 0.5) is 9.39 Å². The number of phenolic OH excluding ortho intramolecular Hbond substituents is 1. The van der Waals surface area contributed by atoms with E-state index in [1.54, 1.807) is 12.1 Å². The summed E-state index contributed by atoms with van der Waals surface area (Å²) < 4.78 is 20.1. The maximum absolute atomic E-state index is 15.7. The highest BCUT2D eigenvalue weighted by Crippen LogP contribution is 2.44. The molecule has 0 radical (unpaired) electrons. The van der Waals surface area contributed by atoms with Crippen molar-refractivity contribution in [3.63, 3.8) is 0 Å². The number of nitrogens with zero attached hydrogens (tertiary/aromatic N) is 3. The van der Waals surface area contributed by atoms with Gasteiger partial charge in [-0.1, -0.05) is 42.4 Å². The van der Waals surface area contributed by atoms with Crippen LogP contribution in [-0.4, -0.2) is 51.9 Å². The second-order valence-electron chi connectivity index (χ2n) is 8.02. The average molecular weight is 470 g/mol. The SMILES string of the molecule is C=CC(O)N(C)C1CN(c2snc3c(F)c(-c4cc(O)cc5ccccc45)c(Cl)cc23)C1. The van der Waals surface area contributed by atoms with Crippen LogP contribution in [0.3, 0.4) is 0 Å². The molecule has 0 spiro atoms. The highest BCUT2D eigenvalue weighted by atomic mass is 35.5. The lowest BCUT2D eigenvalue weighted by molar-refractivity contribution is 0.0218. The van der Waals surface area contributed by atoms with Gasteiger partial charge in [0.2, 0.25) is 0 Å². The van der Waals surface area contributed by atoms with Crippen LogP contribution in [0.1, 0.15) is 0 Å². The first-order valence-electron chi connectivity index (χ1n) is 10.2. The number of likely N-dealkylation sites (N-methyl/N-ethyl adjacent to an activating group) is 1. The third-order valence-corrected chi connectivity index (χ3v) is 7.34. The van der Waals surface area contributed by atoms with E-state index in [2.05, 4.69) is 15.9 Å². The lowest BCUT2D eigenvalue weighted by Gasteiger charge is -2.45. The van der Waals surface area contributed by atoms with E-state index < -0.39 is 12.0 Å². The van der Waals surface area contributed by atoms with Crippen molar-refractivity contribution in [3.8, 4) is 16.9 Å². The predicted octanol–water partition coefficient (Wildman–Crippen LogP) is 5.24. The number of hydrogen-bond acceptors (Lipinski definition) is 6. The number of hydrogen-bond donors (Lipinski definition) is 2. The summed E-state index contributed by atoms with van der Waals surface area (Å²) in [7, 11) is 1.85. The lowest BCUT2D eigenvalue weighted by atomic mass is 9.96. The topological polar surface area (TPSA) is 59.8 Å². The van der Waals surface area contributed by atoms with Gasteiger partial charge in [-0.3, -0.25) is 4.90 Å². The number of aliphatic hydroxyl groups excluding tert-OH is 1.